The molecule has 1 aliphatic rings. The van der Waals surface area contributed by atoms with Crippen molar-refractivity contribution in [2.24, 2.45) is 5.92 Å². The SMILES string of the molecule is Nc1nc(CCCNC(=O)C2CCN(C(=O)c3ccccn3)CC2)cs1. The molecule has 2 amide bonds. The predicted molar refractivity (Wildman–Crippen MR) is 101 cm³/mol. The quantitative estimate of drug-likeness (QED) is 0.751. The maximum Gasteiger partial charge on any atom is 0.272 e. The highest BCUT2D eigenvalue weighted by molar-refractivity contribution is 7.13. The molecule has 0 saturated carbocycles. The van der Waals surface area contributed by atoms with Gasteiger partial charge in [-0.3, -0.25) is 14.6 Å². The molecular formula is C18H23N5O2S. The monoisotopic (exact) mass is 373 g/mol. The number of pyridine rings is 1. The van der Waals surface area contributed by atoms with Gasteiger partial charge in [0.25, 0.3) is 5.91 Å². The number of nitrogens with one attached hydrogen (secondary N) is 1. The normalized spacial score (nSPS) is 15.0. The van der Waals surface area contributed by atoms with Gasteiger partial charge in [-0.1, -0.05) is 6.07 Å². The molecule has 26 heavy (non-hydrogen) atoms. The zero-order valence-electron chi connectivity index (χ0n) is 14.6. The molecule has 0 atom stereocenters. The molecule has 1 saturated heterocycles. The van der Waals surface area contributed by atoms with Crippen molar-refractivity contribution >= 4 is 28.3 Å². The lowest BCUT2D eigenvalue weighted by molar-refractivity contribution is -0.126. The van der Waals surface area contributed by atoms with Gasteiger partial charge >= 0.3 is 0 Å². The lowest BCUT2D eigenvalue weighted by Gasteiger charge is -2.31. The Balaban J connectivity index is 1.37. The molecule has 7 nitrogen and oxygen atoms in total. The second-order valence-corrected chi connectivity index (χ2v) is 7.24. The Morgan fingerprint density at radius 1 is 1.31 bits per heavy atom. The number of rotatable bonds is 6. The summed E-state index contributed by atoms with van der Waals surface area (Å²) in [5, 5.41) is 5.52. The van der Waals surface area contributed by atoms with Crippen LogP contribution in [0, 0.1) is 5.92 Å². The van der Waals surface area contributed by atoms with Crippen LogP contribution in [-0.2, 0) is 11.2 Å². The van der Waals surface area contributed by atoms with Gasteiger partial charge in [0.05, 0.1) is 5.69 Å². The number of amides is 2. The van der Waals surface area contributed by atoms with Crippen LogP contribution in [0.15, 0.2) is 29.8 Å². The summed E-state index contributed by atoms with van der Waals surface area (Å²) in [6.45, 7) is 1.81. The van der Waals surface area contributed by atoms with Crippen molar-refractivity contribution in [3.8, 4) is 0 Å². The highest BCUT2D eigenvalue weighted by Crippen LogP contribution is 2.19. The first-order valence-corrected chi connectivity index (χ1v) is 9.69. The zero-order valence-corrected chi connectivity index (χ0v) is 15.4. The molecule has 0 radical (unpaired) electrons. The van der Waals surface area contributed by atoms with Crippen LogP contribution in [0.3, 0.4) is 0 Å². The van der Waals surface area contributed by atoms with Crippen LogP contribution in [0.25, 0.3) is 0 Å². The molecule has 1 aliphatic heterocycles. The third kappa shape index (κ3) is 4.78. The molecule has 2 aromatic heterocycles. The molecule has 3 heterocycles. The number of aryl methyl sites for hydroxylation is 1. The fourth-order valence-electron chi connectivity index (χ4n) is 3.06. The maximum atomic E-state index is 12.4. The Labute approximate surface area is 156 Å². The van der Waals surface area contributed by atoms with E-state index in [1.807, 2.05) is 5.38 Å². The van der Waals surface area contributed by atoms with Gasteiger partial charge in [-0.05, 0) is 37.8 Å². The molecule has 2 aromatic rings. The minimum absolute atomic E-state index is 0.0299. The third-order valence-corrected chi connectivity index (χ3v) is 5.24. The average Bonchev–Trinajstić information content (AvgIpc) is 3.10. The number of nitrogen functional groups attached to an aromatic ring is 1. The molecule has 0 aromatic carbocycles. The number of aromatic nitrogens is 2. The standard InChI is InChI=1S/C18H23N5O2S/c19-18-22-14(12-26-18)4-3-9-21-16(24)13-6-10-23(11-7-13)17(25)15-5-1-2-8-20-15/h1-2,5,8,12-13H,3-4,6-7,9-11H2,(H2,19,22)(H,21,24). The van der Waals surface area contributed by atoms with Gasteiger partial charge in [0.1, 0.15) is 5.69 Å². The fourth-order valence-corrected chi connectivity index (χ4v) is 3.66. The second-order valence-electron chi connectivity index (χ2n) is 6.35. The molecule has 0 spiro atoms. The van der Waals surface area contributed by atoms with E-state index in [0.717, 1.165) is 18.5 Å². The number of nitrogens with two attached hydrogens (primary N) is 1. The molecular weight excluding hydrogens is 350 g/mol. The lowest BCUT2D eigenvalue weighted by atomic mass is 9.95. The molecule has 8 heteroatoms. The van der Waals surface area contributed by atoms with Gasteiger partial charge in [0.2, 0.25) is 5.91 Å². The van der Waals surface area contributed by atoms with Crippen molar-refractivity contribution < 1.29 is 9.59 Å². The molecule has 138 valence electrons. The molecule has 0 bridgehead atoms. The van der Waals surface area contributed by atoms with Crippen LogP contribution in [0.4, 0.5) is 5.13 Å². The largest absolute Gasteiger partial charge is 0.375 e. The Morgan fingerprint density at radius 2 is 2.12 bits per heavy atom. The summed E-state index contributed by atoms with van der Waals surface area (Å²) >= 11 is 1.43. The Morgan fingerprint density at radius 3 is 2.77 bits per heavy atom. The summed E-state index contributed by atoms with van der Waals surface area (Å²) in [6, 6.07) is 5.31. The number of anilines is 1. The van der Waals surface area contributed by atoms with Crippen LogP contribution >= 0.6 is 11.3 Å². The topological polar surface area (TPSA) is 101 Å². The number of hydrogen-bond donors (Lipinski definition) is 2. The number of piperidine rings is 1. The Hall–Kier alpha value is -2.48. The van der Waals surface area contributed by atoms with Crippen LogP contribution < -0.4 is 11.1 Å². The van der Waals surface area contributed by atoms with Crippen LogP contribution in [0.1, 0.15) is 35.4 Å². The molecule has 0 aliphatic carbocycles. The van der Waals surface area contributed by atoms with E-state index in [0.29, 0.717) is 43.3 Å². The van der Waals surface area contributed by atoms with E-state index in [1.165, 1.54) is 11.3 Å². The summed E-state index contributed by atoms with van der Waals surface area (Å²) in [4.78, 5) is 34.8. The highest BCUT2D eigenvalue weighted by atomic mass is 32.1. The number of likely N-dealkylation sites (tertiary alicyclic amines) is 1. The van der Waals surface area contributed by atoms with Crippen molar-refractivity contribution in [2.45, 2.75) is 25.7 Å². The minimum atomic E-state index is -0.0630. The van der Waals surface area contributed by atoms with Gasteiger partial charge in [-0.2, -0.15) is 0 Å². The third-order valence-electron chi connectivity index (χ3n) is 4.52. The number of hydrogen-bond acceptors (Lipinski definition) is 6. The number of carbonyl (C=O) groups excluding carboxylic acids is 2. The van der Waals surface area contributed by atoms with E-state index in [-0.39, 0.29) is 17.7 Å². The summed E-state index contributed by atoms with van der Waals surface area (Å²) in [7, 11) is 0. The first kappa shape index (κ1) is 18.3. The first-order valence-electron chi connectivity index (χ1n) is 8.81. The number of carbonyl (C=O) groups is 2. The van der Waals surface area contributed by atoms with Gasteiger partial charge < -0.3 is 16.0 Å². The van der Waals surface area contributed by atoms with Crippen molar-refractivity contribution in [2.75, 3.05) is 25.4 Å². The maximum absolute atomic E-state index is 12.4. The van der Waals surface area contributed by atoms with Gasteiger partial charge in [0.15, 0.2) is 5.13 Å². The number of nitrogens with zero attached hydrogens (tertiary/aromatic N) is 3. The molecule has 1 fully saturated rings. The van der Waals surface area contributed by atoms with Crippen LogP contribution in [0.5, 0.6) is 0 Å². The van der Waals surface area contributed by atoms with E-state index in [9.17, 15) is 9.59 Å². The first-order chi connectivity index (χ1) is 12.6. The summed E-state index contributed by atoms with van der Waals surface area (Å²) < 4.78 is 0. The van der Waals surface area contributed by atoms with Crippen molar-refractivity contribution in [1.82, 2.24) is 20.2 Å². The highest BCUT2D eigenvalue weighted by Gasteiger charge is 2.27. The van der Waals surface area contributed by atoms with E-state index in [2.05, 4.69) is 15.3 Å². The summed E-state index contributed by atoms with van der Waals surface area (Å²) in [6.07, 6.45) is 4.64. The average molecular weight is 373 g/mol. The van der Waals surface area contributed by atoms with Gasteiger partial charge in [-0.15, -0.1) is 11.3 Å². The van der Waals surface area contributed by atoms with Crippen molar-refractivity contribution in [3.05, 3.63) is 41.2 Å². The van der Waals surface area contributed by atoms with Crippen molar-refractivity contribution in [3.63, 3.8) is 0 Å². The van der Waals surface area contributed by atoms with E-state index >= 15 is 0 Å². The lowest BCUT2D eigenvalue weighted by Crippen LogP contribution is -2.43. The minimum Gasteiger partial charge on any atom is -0.375 e. The fraction of sp³-hybridized carbons (Fsp3) is 0.444. The van der Waals surface area contributed by atoms with Gasteiger partial charge in [-0.25, -0.2) is 4.98 Å². The molecule has 0 unspecified atom stereocenters. The van der Waals surface area contributed by atoms with Crippen LogP contribution in [-0.4, -0.2) is 46.3 Å². The van der Waals surface area contributed by atoms with E-state index in [4.69, 9.17) is 5.73 Å². The van der Waals surface area contributed by atoms with E-state index < -0.39 is 0 Å². The molecule has 3 N–H and O–H groups in total. The smallest absolute Gasteiger partial charge is 0.272 e. The number of thiazole rings is 1. The Bertz CT molecular complexity index is 741. The van der Waals surface area contributed by atoms with Crippen LogP contribution in [0.2, 0.25) is 0 Å². The molecule has 3 rings (SSSR count). The summed E-state index contributed by atoms with van der Waals surface area (Å²) in [5.41, 5.74) is 7.04. The predicted octanol–water partition coefficient (Wildman–Crippen LogP) is 1.72. The van der Waals surface area contributed by atoms with Gasteiger partial charge in [0, 0.05) is 37.1 Å². The summed E-state index contributed by atoms with van der Waals surface area (Å²) in [5.74, 6) is -0.0163. The van der Waals surface area contributed by atoms with E-state index in [1.54, 1.807) is 29.3 Å². The van der Waals surface area contributed by atoms with Crippen molar-refractivity contribution in [1.29, 1.82) is 0 Å². The second kappa shape index (κ2) is 8.75. The zero-order chi connectivity index (χ0) is 18.4. The Kier molecular flexibility index (Phi) is 6.17.